The van der Waals surface area contributed by atoms with Crippen molar-refractivity contribution in [1.29, 1.82) is 0 Å². The first-order chi connectivity index (χ1) is 14.7. The van der Waals surface area contributed by atoms with E-state index in [1.807, 2.05) is 34.9 Å². The Kier molecular flexibility index (Phi) is 11.2. The number of alkyl carbamates (subject to hydrolysis) is 1. The molecule has 7 nitrogen and oxygen atoms in total. The zero-order valence-corrected chi connectivity index (χ0v) is 21.4. The van der Waals surface area contributed by atoms with E-state index in [0.717, 1.165) is 19.4 Å². The molecule has 0 radical (unpaired) electrons. The van der Waals surface area contributed by atoms with E-state index in [0.29, 0.717) is 24.5 Å². The molecule has 1 fully saturated rings. The van der Waals surface area contributed by atoms with E-state index < -0.39 is 23.8 Å². The lowest BCUT2D eigenvalue weighted by atomic mass is 9.83. The Bertz CT molecular complexity index is 619. The molecular weight excluding hydrogens is 406 g/mol. The van der Waals surface area contributed by atoms with E-state index in [1.165, 1.54) is 19.3 Å². The Balaban J connectivity index is 2.71. The second kappa shape index (κ2) is 12.6. The molecule has 186 valence electrons. The van der Waals surface area contributed by atoms with Gasteiger partial charge in [-0.1, -0.05) is 52.5 Å². The molecule has 1 saturated carbocycles. The number of aliphatic hydroxyl groups is 1. The molecular formula is C25H47N3O4. The lowest BCUT2D eigenvalue weighted by molar-refractivity contribution is -0.118. The molecule has 32 heavy (non-hydrogen) atoms. The summed E-state index contributed by atoms with van der Waals surface area (Å²) < 4.78 is 5.40. The highest BCUT2D eigenvalue weighted by atomic mass is 16.6. The van der Waals surface area contributed by atoms with Crippen LogP contribution in [-0.2, 0) is 9.53 Å². The Morgan fingerprint density at radius 3 is 2.25 bits per heavy atom. The second-order valence-electron chi connectivity index (χ2n) is 11.5. The van der Waals surface area contributed by atoms with Crippen molar-refractivity contribution >= 4 is 12.0 Å². The van der Waals surface area contributed by atoms with Gasteiger partial charge in [0, 0.05) is 25.1 Å². The number of ether oxygens (including phenoxy) is 1. The van der Waals surface area contributed by atoms with Gasteiger partial charge in [0.2, 0.25) is 5.91 Å². The maximum Gasteiger partial charge on any atom is 0.407 e. The fourth-order valence-electron chi connectivity index (χ4n) is 4.40. The number of hydrogen-bond donors (Lipinski definition) is 3. The van der Waals surface area contributed by atoms with Crippen LogP contribution >= 0.6 is 0 Å². The SMILES string of the molecule is C=C(CC(O)C(CC1CCCCC1)NC(=O)OC(C)(C)C)C(=O)NCC(C)(C)CN(C)C. The van der Waals surface area contributed by atoms with Gasteiger partial charge < -0.3 is 25.4 Å². The van der Waals surface area contributed by atoms with E-state index in [9.17, 15) is 14.7 Å². The van der Waals surface area contributed by atoms with Gasteiger partial charge in [-0.05, 0) is 52.6 Å². The molecule has 0 aromatic carbocycles. The second-order valence-corrected chi connectivity index (χ2v) is 11.5. The van der Waals surface area contributed by atoms with E-state index in [2.05, 4.69) is 36.0 Å². The predicted octanol–water partition coefficient (Wildman–Crippen LogP) is 3.86. The van der Waals surface area contributed by atoms with Gasteiger partial charge in [0.15, 0.2) is 0 Å². The van der Waals surface area contributed by atoms with Crippen molar-refractivity contribution in [3.63, 3.8) is 0 Å². The van der Waals surface area contributed by atoms with E-state index in [1.54, 1.807) is 0 Å². The minimum absolute atomic E-state index is 0.0835. The third kappa shape index (κ3) is 11.9. The lowest BCUT2D eigenvalue weighted by Crippen LogP contribution is -2.47. The van der Waals surface area contributed by atoms with Crippen LogP contribution in [0.25, 0.3) is 0 Å². The largest absolute Gasteiger partial charge is 0.444 e. The highest BCUT2D eigenvalue weighted by Gasteiger charge is 2.29. The number of aliphatic hydroxyl groups excluding tert-OH is 1. The average molecular weight is 454 g/mol. The van der Waals surface area contributed by atoms with Crippen LogP contribution in [0.1, 0.15) is 79.6 Å². The van der Waals surface area contributed by atoms with Crippen LogP contribution in [0.3, 0.4) is 0 Å². The molecule has 0 aliphatic heterocycles. The summed E-state index contributed by atoms with van der Waals surface area (Å²) in [6, 6.07) is -0.484. The first-order valence-electron chi connectivity index (χ1n) is 12.0. The molecule has 0 heterocycles. The number of carbonyl (C=O) groups is 2. The van der Waals surface area contributed by atoms with Gasteiger partial charge >= 0.3 is 6.09 Å². The first kappa shape index (κ1) is 28.4. The van der Waals surface area contributed by atoms with Crippen LogP contribution in [0.4, 0.5) is 4.79 Å². The summed E-state index contributed by atoms with van der Waals surface area (Å²) in [4.78, 5) is 27.1. The highest BCUT2D eigenvalue weighted by molar-refractivity contribution is 5.92. The summed E-state index contributed by atoms with van der Waals surface area (Å²) >= 11 is 0. The summed E-state index contributed by atoms with van der Waals surface area (Å²) in [7, 11) is 4.01. The standard InChI is InChI=1S/C25H47N3O4/c1-18(22(30)26-16-25(5,6)17-28(7)8)14-21(29)20(15-19-12-10-9-11-13-19)27-23(31)32-24(2,3)4/h19-21,29H,1,9-17H2,2-8H3,(H,26,30)(H,27,31). The number of hydrogen-bond acceptors (Lipinski definition) is 5. The molecule has 0 spiro atoms. The molecule has 1 aliphatic carbocycles. The minimum atomic E-state index is -0.905. The zero-order chi connectivity index (χ0) is 24.5. The molecule has 3 N–H and O–H groups in total. The monoisotopic (exact) mass is 453 g/mol. The number of rotatable bonds is 11. The number of nitrogens with one attached hydrogen (secondary N) is 2. The van der Waals surface area contributed by atoms with Gasteiger partial charge in [-0.2, -0.15) is 0 Å². The van der Waals surface area contributed by atoms with Crippen LogP contribution in [-0.4, -0.2) is 66.9 Å². The van der Waals surface area contributed by atoms with E-state index in [-0.39, 0.29) is 17.7 Å². The average Bonchev–Trinajstić information content (AvgIpc) is 2.63. The van der Waals surface area contributed by atoms with Gasteiger partial charge in [-0.15, -0.1) is 0 Å². The summed E-state index contributed by atoms with van der Waals surface area (Å²) in [5, 5.41) is 16.7. The van der Waals surface area contributed by atoms with Crippen LogP contribution < -0.4 is 10.6 Å². The Morgan fingerprint density at radius 2 is 1.72 bits per heavy atom. The van der Waals surface area contributed by atoms with Gasteiger partial charge in [0.05, 0.1) is 12.1 Å². The zero-order valence-electron chi connectivity index (χ0n) is 21.4. The maximum absolute atomic E-state index is 12.6. The van der Waals surface area contributed by atoms with Crippen LogP contribution in [0.2, 0.25) is 0 Å². The molecule has 1 rings (SSSR count). The highest BCUT2D eigenvalue weighted by Crippen LogP contribution is 2.29. The van der Waals surface area contributed by atoms with Crippen molar-refractivity contribution in [2.75, 3.05) is 27.2 Å². The third-order valence-corrected chi connectivity index (χ3v) is 5.73. The van der Waals surface area contributed by atoms with Crippen molar-refractivity contribution in [2.24, 2.45) is 11.3 Å². The quantitative estimate of drug-likeness (QED) is 0.413. The third-order valence-electron chi connectivity index (χ3n) is 5.73. The fourth-order valence-corrected chi connectivity index (χ4v) is 4.40. The normalized spacial score (nSPS) is 17.5. The first-order valence-corrected chi connectivity index (χ1v) is 12.0. The summed E-state index contributed by atoms with van der Waals surface area (Å²) in [6.45, 7) is 14.9. The van der Waals surface area contributed by atoms with Crippen LogP contribution in [0.5, 0.6) is 0 Å². The molecule has 0 aromatic rings. The molecule has 7 heteroatoms. The van der Waals surface area contributed by atoms with Crippen molar-refractivity contribution in [3.05, 3.63) is 12.2 Å². The topological polar surface area (TPSA) is 90.9 Å². The summed E-state index contributed by atoms with van der Waals surface area (Å²) in [5.41, 5.74) is -0.384. The van der Waals surface area contributed by atoms with Gasteiger partial charge in [-0.25, -0.2) is 4.79 Å². The van der Waals surface area contributed by atoms with Gasteiger partial charge in [0.25, 0.3) is 0 Å². The van der Waals surface area contributed by atoms with E-state index in [4.69, 9.17) is 4.74 Å². The predicted molar refractivity (Wildman–Crippen MR) is 129 cm³/mol. The molecule has 1 aliphatic rings. The lowest BCUT2D eigenvalue weighted by Gasteiger charge is -2.31. The van der Waals surface area contributed by atoms with Crippen molar-refractivity contribution in [3.8, 4) is 0 Å². The fraction of sp³-hybridized carbons (Fsp3) is 0.840. The molecule has 0 aromatic heterocycles. The molecule has 2 amide bonds. The Hall–Kier alpha value is -1.60. The van der Waals surface area contributed by atoms with E-state index >= 15 is 0 Å². The molecule has 2 unspecified atom stereocenters. The molecule has 0 saturated heterocycles. The Labute approximate surface area is 195 Å². The number of carbonyl (C=O) groups excluding carboxylic acids is 2. The molecule has 2 atom stereocenters. The van der Waals surface area contributed by atoms with Crippen molar-refractivity contribution < 1.29 is 19.4 Å². The van der Waals surface area contributed by atoms with Gasteiger partial charge in [0.1, 0.15) is 5.60 Å². The van der Waals surface area contributed by atoms with Gasteiger partial charge in [-0.3, -0.25) is 4.79 Å². The number of nitrogens with zero attached hydrogens (tertiary/aromatic N) is 1. The van der Waals surface area contributed by atoms with Crippen molar-refractivity contribution in [1.82, 2.24) is 15.5 Å². The van der Waals surface area contributed by atoms with Crippen LogP contribution in [0.15, 0.2) is 12.2 Å². The smallest absolute Gasteiger partial charge is 0.407 e. The van der Waals surface area contributed by atoms with Crippen LogP contribution in [0, 0.1) is 11.3 Å². The summed E-state index contributed by atoms with van der Waals surface area (Å²) in [5.74, 6) is 0.192. The molecule has 0 bridgehead atoms. The number of amides is 2. The summed E-state index contributed by atoms with van der Waals surface area (Å²) in [6.07, 6.45) is 5.12. The maximum atomic E-state index is 12.6. The Morgan fingerprint density at radius 1 is 1.12 bits per heavy atom. The minimum Gasteiger partial charge on any atom is -0.444 e. The van der Waals surface area contributed by atoms with Crippen molar-refractivity contribution in [2.45, 2.75) is 97.3 Å².